The molecule has 4 heteroatoms. The van der Waals surface area contributed by atoms with E-state index in [1.54, 1.807) is 0 Å². The van der Waals surface area contributed by atoms with E-state index in [-0.39, 0.29) is 6.04 Å². The third-order valence-electron chi connectivity index (χ3n) is 10.7. The first kappa shape index (κ1) is 36.3. The zero-order chi connectivity index (χ0) is 38.9. The van der Waals surface area contributed by atoms with Gasteiger partial charge in [0.25, 0.3) is 0 Å². The summed E-state index contributed by atoms with van der Waals surface area (Å²) in [6.07, 6.45) is 17.0. The van der Waals surface area contributed by atoms with Gasteiger partial charge in [0, 0.05) is 62.6 Å². The topological polar surface area (TPSA) is 13.0 Å². The van der Waals surface area contributed by atoms with Crippen LogP contribution in [0.5, 0.6) is 0 Å². The Bertz CT molecular complexity index is 2310. The van der Waals surface area contributed by atoms with Gasteiger partial charge in [-0.05, 0) is 141 Å². The Morgan fingerprint density at radius 1 is 0.310 bits per heavy atom. The SMILES string of the molecule is C1=CC(N(c2ccccc2)C2C=CC(N(c3ccc(N(c4ccccc4)c4ccccc4)cc3)c3ccc(N(c4ccccc4)c4ccccc4)cc3)=CC2)=CCC1. The molecule has 7 aromatic rings. The van der Waals surface area contributed by atoms with Gasteiger partial charge in [0.1, 0.15) is 0 Å². The van der Waals surface area contributed by atoms with Gasteiger partial charge in [0.15, 0.2) is 0 Å². The molecule has 0 amide bonds. The summed E-state index contributed by atoms with van der Waals surface area (Å²) in [7, 11) is 0. The number of benzene rings is 7. The van der Waals surface area contributed by atoms with Gasteiger partial charge in [-0.1, -0.05) is 115 Å². The van der Waals surface area contributed by atoms with Gasteiger partial charge in [-0.2, -0.15) is 0 Å². The van der Waals surface area contributed by atoms with Crippen LogP contribution in [0.3, 0.4) is 0 Å². The van der Waals surface area contributed by atoms with Crippen molar-refractivity contribution in [3.63, 3.8) is 0 Å². The fourth-order valence-corrected chi connectivity index (χ4v) is 8.01. The van der Waals surface area contributed by atoms with Crippen molar-refractivity contribution in [1.82, 2.24) is 0 Å². The van der Waals surface area contributed by atoms with E-state index in [2.05, 4.69) is 256 Å². The third-order valence-corrected chi connectivity index (χ3v) is 10.7. The van der Waals surface area contributed by atoms with Crippen molar-refractivity contribution in [1.29, 1.82) is 0 Å². The summed E-state index contributed by atoms with van der Waals surface area (Å²) >= 11 is 0. The molecule has 0 aromatic heterocycles. The Labute approximate surface area is 342 Å². The van der Waals surface area contributed by atoms with E-state index >= 15 is 0 Å². The first-order chi connectivity index (χ1) is 28.8. The summed E-state index contributed by atoms with van der Waals surface area (Å²) in [5, 5.41) is 0. The maximum absolute atomic E-state index is 2.48. The molecule has 0 bridgehead atoms. The molecule has 2 aliphatic carbocycles. The monoisotopic (exact) mass is 750 g/mol. The normalized spacial score (nSPS) is 14.6. The molecule has 7 aromatic carbocycles. The molecule has 2 aliphatic rings. The van der Waals surface area contributed by atoms with Gasteiger partial charge in [-0.3, -0.25) is 0 Å². The minimum atomic E-state index is 0.183. The molecule has 9 rings (SSSR count). The Hall–Kier alpha value is -7.30. The molecule has 0 saturated carbocycles. The van der Waals surface area contributed by atoms with Crippen molar-refractivity contribution in [2.75, 3.05) is 19.6 Å². The molecule has 4 nitrogen and oxygen atoms in total. The van der Waals surface area contributed by atoms with Crippen molar-refractivity contribution >= 4 is 51.2 Å². The maximum Gasteiger partial charge on any atom is 0.0561 e. The Kier molecular flexibility index (Phi) is 10.8. The summed E-state index contributed by atoms with van der Waals surface area (Å²) in [6.45, 7) is 0. The summed E-state index contributed by atoms with van der Waals surface area (Å²) in [5.74, 6) is 0. The number of hydrogen-bond acceptors (Lipinski definition) is 4. The van der Waals surface area contributed by atoms with Crippen LogP contribution in [-0.4, -0.2) is 6.04 Å². The van der Waals surface area contributed by atoms with Crippen LogP contribution in [0.2, 0.25) is 0 Å². The molecule has 282 valence electrons. The molecule has 58 heavy (non-hydrogen) atoms. The van der Waals surface area contributed by atoms with Gasteiger partial charge in [-0.25, -0.2) is 0 Å². The lowest BCUT2D eigenvalue weighted by atomic mass is 10.00. The number of rotatable bonds is 12. The van der Waals surface area contributed by atoms with E-state index in [1.165, 1.54) is 11.4 Å². The molecule has 0 spiro atoms. The van der Waals surface area contributed by atoms with Crippen LogP contribution in [0.25, 0.3) is 0 Å². The van der Waals surface area contributed by atoms with Gasteiger partial charge in [0.2, 0.25) is 0 Å². The molecular weight excluding hydrogens is 705 g/mol. The van der Waals surface area contributed by atoms with E-state index in [9.17, 15) is 0 Å². The Morgan fingerprint density at radius 3 is 1.02 bits per heavy atom. The van der Waals surface area contributed by atoms with E-state index in [1.807, 2.05) is 0 Å². The first-order valence-electron chi connectivity index (χ1n) is 20.2. The Balaban J connectivity index is 1.09. The minimum absolute atomic E-state index is 0.183. The van der Waals surface area contributed by atoms with Crippen LogP contribution in [0.4, 0.5) is 51.2 Å². The van der Waals surface area contributed by atoms with Crippen LogP contribution in [-0.2, 0) is 0 Å². The molecule has 0 heterocycles. The molecule has 0 fully saturated rings. The number of allylic oxidation sites excluding steroid dienone is 4. The smallest absolute Gasteiger partial charge is 0.0561 e. The Morgan fingerprint density at radius 2 is 0.672 bits per heavy atom. The number of nitrogens with zero attached hydrogens (tertiary/aromatic N) is 4. The highest BCUT2D eigenvalue weighted by Gasteiger charge is 2.24. The second-order valence-corrected chi connectivity index (χ2v) is 14.5. The molecule has 0 N–H and O–H groups in total. The van der Waals surface area contributed by atoms with Gasteiger partial charge in [-0.15, -0.1) is 0 Å². The predicted octanol–water partition coefficient (Wildman–Crippen LogP) is 14.7. The standard InChI is InChI=1S/C54H46N4/c1-7-19-43(20-8-1)55(44-21-9-2-10-22-44)49-31-37-52(38-32-49)58(53-39-33-50(34-40-53)56(45-23-11-3-12-24-45)46-25-13-4-14-26-46)54-41-35-51(36-42-54)57(47-27-15-5-16-28-47)48-29-17-6-18-30-48/h1-5,7-17,19-35,37-42,51H,6,18,36H2. The van der Waals surface area contributed by atoms with E-state index in [4.69, 9.17) is 0 Å². The van der Waals surface area contributed by atoms with Crippen LogP contribution >= 0.6 is 0 Å². The van der Waals surface area contributed by atoms with E-state index in [0.29, 0.717) is 0 Å². The lowest BCUT2D eigenvalue weighted by Gasteiger charge is -2.36. The second kappa shape index (κ2) is 17.2. The van der Waals surface area contributed by atoms with Gasteiger partial charge in [0.05, 0.1) is 6.04 Å². The molecular formula is C54H46N4. The zero-order valence-electron chi connectivity index (χ0n) is 32.5. The fourth-order valence-electron chi connectivity index (χ4n) is 8.01. The third kappa shape index (κ3) is 7.86. The fraction of sp³-hybridized carbons (Fsp3) is 0.0741. The van der Waals surface area contributed by atoms with E-state index in [0.717, 1.165) is 70.5 Å². The number of hydrogen-bond donors (Lipinski definition) is 0. The van der Waals surface area contributed by atoms with Crippen LogP contribution in [0.1, 0.15) is 19.3 Å². The van der Waals surface area contributed by atoms with Crippen molar-refractivity contribution in [2.45, 2.75) is 25.3 Å². The molecule has 0 saturated heterocycles. The maximum atomic E-state index is 2.48. The highest BCUT2D eigenvalue weighted by Crippen LogP contribution is 2.41. The van der Waals surface area contributed by atoms with E-state index < -0.39 is 0 Å². The summed E-state index contributed by atoms with van der Waals surface area (Å²) in [5.41, 5.74) is 12.4. The van der Waals surface area contributed by atoms with Crippen LogP contribution < -0.4 is 19.6 Å². The van der Waals surface area contributed by atoms with Gasteiger partial charge >= 0.3 is 0 Å². The lowest BCUT2D eigenvalue weighted by Crippen LogP contribution is -2.34. The van der Waals surface area contributed by atoms with Crippen molar-refractivity contribution in [3.8, 4) is 0 Å². The lowest BCUT2D eigenvalue weighted by molar-refractivity contribution is 0.748. The minimum Gasteiger partial charge on any atom is -0.335 e. The average Bonchev–Trinajstić information content (AvgIpc) is 3.30. The van der Waals surface area contributed by atoms with Crippen LogP contribution in [0, 0.1) is 0 Å². The molecule has 1 atom stereocenters. The summed E-state index contributed by atoms with van der Waals surface area (Å²) in [6, 6.07) is 71.2. The summed E-state index contributed by atoms with van der Waals surface area (Å²) in [4.78, 5) is 9.48. The van der Waals surface area contributed by atoms with Crippen LogP contribution in [0.15, 0.2) is 248 Å². The first-order valence-corrected chi connectivity index (χ1v) is 20.2. The average molecular weight is 751 g/mol. The zero-order valence-corrected chi connectivity index (χ0v) is 32.5. The quantitative estimate of drug-likeness (QED) is 0.123. The van der Waals surface area contributed by atoms with Crippen molar-refractivity contribution < 1.29 is 0 Å². The molecule has 0 aliphatic heterocycles. The second-order valence-electron chi connectivity index (χ2n) is 14.5. The highest BCUT2D eigenvalue weighted by atomic mass is 15.2. The summed E-state index contributed by atoms with van der Waals surface area (Å²) < 4.78 is 0. The van der Waals surface area contributed by atoms with Crippen molar-refractivity contribution in [2.24, 2.45) is 0 Å². The molecule has 1 unspecified atom stereocenters. The number of anilines is 9. The highest BCUT2D eigenvalue weighted by molar-refractivity contribution is 5.81. The largest absolute Gasteiger partial charge is 0.335 e. The van der Waals surface area contributed by atoms with Gasteiger partial charge < -0.3 is 19.6 Å². The molecule has 0 radical (unpaired) electrons. The van der Waals surface area contributed by atoms with Crippen molar-refractivity contribution in [3.05, 3.63) is 248 Å². The predicted molar refractivity (Wildman–Crippen MR) is 245 cm³/mol. The number of para-hydroxylation sites is 5.